The van der Waals surface area contributed by atoms with Crippen LogP contribution in [0.5, 0.6) is 0 Å². The van der Waals surface area contributed by atoms with Crippen LogP contribution in [0.15, 0.2) is 0 Å². The van der Waals surface area contributed by atoms with E-state index in [-0.39, 0.29) is 11.5 Å². The Bertz CT molecular complexity index is 311. The number of nitrogens with two attached hydrogens (primary N) is 1. The van der Waals surface area contributed by atoms with Crippen molar-refractivity contribution in [2.45, 2.75) is 58.1 Å². The van der Waals surface area contributed by atoms with E-state index in [0.717, 1.165) is 32.4 Å². The molecule has 2 N–H and O–H groups in total. The van der Waals surface area contributed by atoms with Gasteiger partial charge in [-0.3, -0.25) is 0 Å². The van der Waals surface area contributed by atoms with E-state index in [0.29, 0.717) is 6.04 Å². The van der Waals surface area contributed by atoms with E-state index >= 15 is 0 Å². The third-order valence-electron chi connectivity index (χ3n) is 3.93. The number of carbonyl (C=O) groups excluding carboxylic acids is 1. The minimum Gasteiger partial charge on any atom is -0.444 e. The van der Waals surface area contributed by atoms with Crippen molar-refractivity contribution in [2.24, 2.45) is 11.1 Å². The second-order valence-electron chi connectivity index (χ2n) is 6.54. The Hall–Kier alpha value is -0.770. The summed E-state index contributed by atoms with van der Waals surface area (Å²) in [7, 11) is 0. The van der Waals surface area contributed by atoms with E-state index in [2.05, 4.69) is 0 Å². The van der Waals surface area contributed by atoms with Crippen molar-refractivity contribution in [3.05, 3.63) is 0 Å². The zero-order chi connectivity index (χ0) is 12.7. The number of piperidine rings is 1. The standard InChI is InChI=1S/C13H24N2O2/c1-12(2,3)17-11(16)15-9-13(6-7-14)5-4-10(15)8-13/h10H,4-9,14H2,1-3H3. The normalized spacial score (nSPS) is 32.0. The molecule has 4 heteroatoms. The third kappa shape index (κ3) is 2.57. The molecule has 1 saturated heterocycles. The highest BCUT2D eigenvalue weighted by molar-refractivity contribution is 5.69. The van der Waals surface area contributed by atoms with Crippen LogP contribution in [-0.2, 0) is 4.74 Å². The molecule has 0 aromatic heterocycles. The number of fused-ring (bicyclic) bond motifs is 2. The number of nitrogens with zero attached hydrogens (tertiary/aromatic N) is 1. The Kier molecular flexibility index (Phi) is 3.10. The van der Waals surface area contributed by atoms with E-state index in [1.54, 1.807) is 0 Å². The van der Waals surface area contributed by atoms with Gasteiger partial charge in [-0.25, -0.2) is 4.79 Å². The molecule has 2 fully saturated rings. The number of rotatable bonds is 2. The first kappa shape index (κ1) is 12.7. The predicted molar refractivity (Wildman–Crippen MR) is 66.7 cm³/mol. The Morgan fingerprint density at radius 1 is 1.53 bits per heavy atom. The van der Waals surface area contributed by atoms with Gasteiger partial charge < -0.3 is 15.4 Å². The molecule has 0 radical (unpaired) electrons. The Morgan fingerprint density at radius 3 is 2.82 bits per heavy atom. The molecular weight excluding hydrogens is 216 g/mol. The van der Waals surface area contributed by atoms with E-state index < -0.39 is 5.60 Å². The van der Waals surface area contributed by atoms with E-state index in [9.17, 15) is 4.79 Å². The van der Waals surface area contributed by atoms with Crippen molar-refractivity contribution >= 4 is 6.09 Å². The fourth-order valence-electron chi connectivity index (χ4n) is 3.22. The Morgan fingerprint density at radius 2 is 2.24 bits per heavy atom. The van der Waals surface area contributed by atoms with Gasteiger partial charge in [-0.1, -0.05) is 0 Å². The molecule has 1 amide bonds. The average Bonchev–Trinajstić information content (AvgIpc) is 2.72. The summed E-state index contributed by atoms with van der Waals surface area (Å²) in [5.74, 6) is 0. The molecule has 17 heavy (non-hydrogen) atoms. The highest BCUT2D eigenvalue weighted by Gasteiger charge is 2.51. The summed E-state index contributed by atoms with van der Waals surface area (Å²) in [6.07, 6.45) is 4.32. The fraction of sp³-hybridized carbons (Fsp3) is 0.923. The van der Waals surface area contributed by atoms with Crippen molar-refractivity contribution in [1.29, 1.82) is 0 Å². The molecule has 2 aliphatic rings. The zero-order valence-corrected chi connectivity index (χ0v) is 11.2. The summed E-state index contributed by atoms with van der Waals surface area (Å²) in [5.41, 5.74) is 5.56. The Balaban J connectivity index is 1.99. The molecule has 2 atom stereocenters. The van der Waals surface area contributed by atoms with Crippen LogP contribution in [0.25, 0.3) is 0 Å². The fourth-order valence-corrected chi connectivity index (χ4v) is 3.22. The van der Waals surface area contributed by atoms with Crippen LogP contribution in [-0.4, -0.2) is 35.7 Å². The molecule has 2 rings (SSSR count). The summed E-state index contributed by atoms with van der Waals surface area (Å²) >= 11 is 0. The summed E-state index contributed by atoms with van der Waals surface area (Å²) in [6.45, 7) is 7.29. The lowest BCUT2D eigenvalue weighted by Crippen LogP contribution is -2.43. The van der Waals surface area contributed by atoms with E-state index in [1.807, 2.05) is 25.7 Å². The summed E-state index contributed by atoms with van der Waals surface area (Å²) in [4.78, 5) is 14.0. The largest absolute Gasteiger partial charge is 0.444 e. The second kappa shape index (κ2) is 4.16. The van der Waals surface area contributed by atoms with Crippen LogP contribution >= 0.6 is 0 Å². The maximum absolute atomic E-state index is 12.1. The number of carbonyl (C=O) groups is 1. The lowest BCUT2D eigenvalue weighted by atomic mass is 9.84. The van der Waals surface area contributed by atoms with Gasteiger partial charge in [0.25, 0.3) is 0 Å². The van der Waals surface area contributed by atoms with Crippen molar-refractivity contribution in [2.75, 3.05) is 13.1 Å². The predicted octanol–water partition coefficient (Wildman–Crippen LogP) is 2.12. The number of likely N-dealkylation sites (tertiary alicyclic amines) is 1. The van der Waals surface area contributed by atoms with Crippen molar-refractivity contribution in [3.8, 4) is 0 Å². The van der Waals surface area contributed by atoms with Crippen molar-refractivity contribution in [3.63, 3.8) is 0 Å². The smallest absolute Gasteiger partial charge is 0.410 e. The first-order chi connectivity index (χ1) is 7.85. The van der Waals surface area contributed by atoms with Gasteiger partial charge in [0, 0.05) is 12.6 Å². The van der Waals surface area contributed by atoms with Crippen molar-refractivity contribution in [1.82, 2.24) is 4.90 Å². The van der Waals surface area contributed by atoms with Gasteiger partial charge in [0.15, 0.2) is 0 Å². The second-order valence-corrected chi connectivity index (χ2v) is 6.54. The summed E-state index contributed by atoms with van der Waals surface area (Å²) in [5, 5.41) is 0. The monoisotopic (exact) mass is 240 g/mol. The van der Waals surface area contributed by atoms with Crippen LogP contribution in [0.3, 0.4) is 0 Å². The summed E-state index contributed by atoms with van der Waals surface area (Å²) in [6, 6.07) is 0.386. The topological polar surface area (TPSA) is 55.6 Å². The third-order valence-corrected chi connectivity index (χ3v) is 3.93. The van der Waals surface area contributed by atoms with Crippen LogP contribution < -0.4 is 5.73 Å². The van der Waals surface area contributed by atoms with E-state index in [4.69, 9.17) is 10.5 Å². The van der Waals surface area contributed by atoms with Crippen LogP contribution in [0.4, 0.5) is 4.79 Å². The first-order valence-electron chi connectivity index (χ1n) is 6.55. The molecule has 0 aromatic rings. The number of hydrogen-bond acceptors (Lipinski definition) is 3. The molecule has 0 aromatic carbocycles. The zero-order valence-electron chi connectivity index (χ0n) is 11.2. The van der Waals surface area contributed by atoms with E-state index in [1.165, 1.54) is 6.42 Å². The maximum Gasteiger partial charge on any atom is 0.410 e. The molecule has 0 spiro atoms. The number of ether oxygens (including phenoxy) is 1. The van der Waals surface area contributed by atoms with Gasteiger partial charge in [0.2, 0.25) is 0 Å². The van der Waals surface area contributed by atoms with Gasteiger partial charge >= 0.3 is 6.09 Å². The minimum absolute atomic E-state index is 0.152. The molecular formula is C13H24N2O2. The molecule has 4 nitrogen and oxygen atoms in total. The highest BCUT2D eigenvalue weighted by Crippen LogP contribution is 2.49. The molecule has 1 aliphatic heterocycles. The minimum atomic E-state index is -0.403. The Labute approximate surface area is 103 Å². The quantitative estimate of drug-likeness (QED) is 0.804. The van der Waals surface area contributed by atoms with Crippen molar-refractivity contribution < 1.29 is 9.53 Å². The van der Waals surface area contributed by atoms with Gasteiger partial charge in [-0.05, 0) is 58.4 Å². The number of amides is 1. The van der Waals surface area contributed by atoms with Crippen LogP contribution in [0.1, 0.15) is 46.5 Å². The maximum atomic E-state index is 12.1. The molecule has 1 aliphatic carbocycles. The molecule has 98 valence electrons. The molecule has 1 saturated carbocycles. The van der Waals surface area contributed by atoms with Crippen LogP contribution in [0.2, 0.25) is 0 Å². The SMILES string of the molecule is CC(C)(C)OC(=O)N1CC2(CCN)CCC1C2. The van der Waals surface area contributed by atoms with Crippen LogP contribution in [0, 0.1) is 5.41 Å². The molecule has 1 heterocycles. The average molecular weight is 240 g/mol. The lowest BCUT2D eigenvalue weighted by Gasteiger charge is -2.33. The lowest BCUT2D eigenvalue weighted by molar-refractivity contribution is 0.0156. The molecule has 2 bridgehead atoms. The molecule has 2 unspecified atom stereocenters. The highest BCUT2D eigenvalue weighted by atomic mass is 16.6. The first-order valence-corrected chi connectivity index (χ1v) is 6.55. The van der Waals surface area contributed by atoms with Gasteiger partial charge in [-0.15, -0.1) is 0 Å². The number of hydrogen-bond donors (Lipinski definition) is 1. The van der Waals surface area contributed by atoms with Gasteiger partial charge in [-0.2, -0.15) is 0 Å². The summed E-state index contributed by atoms with van der Waals surface area (Å²) < 4.78 is 5.45. The van der Waals surface area contributed by atoms with Gasteiger partial charge in [0.1, 0.15) is 5.60 Å². The van der Waals surface area contributed by atoms with Gasteiger partial charge in [0.05, 0.1) is 0 Å².